The lowest BCUT2D eigenvalue weighted by molar-refractivity contribution is 0.120. The fourth-order valence-electron chi connectivity index (χ4n) is 4.19. The highest BCUT2D eigenvalue weighted by atomic mass is 32.2. The van der Waals surface area contributed by atoms with Crippen LogP contribution in [0.1, 0.15) is 23.0 Å². The molecule has 34 heavy (non-hydrogen) atoms. The van der Waals surface area contributed by atoms with Crippen molar-refractivity contribution < 1.29 is 17.9 Å². The maximum atomic E-state index is 13.2. The average Bonchev–Trinajstić information content (AvgIpc) is 3.27. The topological polar surface area (TPSA) is 103 Å². The second-order valence-electron chi connectivity index (χ2n) is 8.42. The second-order valence-corrected chi connectivity index (χ2v) is 10.4. The lowest BCUT2D eigenvalue weighted by atomic mass is 10.0. The molecule has 1 saturated heterocycles. The van der Waals surface area contributed by atoms with E-state index < -0.39 is 15.9 Å². The fourth-order valence-corrected chi connectivity index (χ4v) is 5.39. The van der Waals surface area contributed by atoms with Crippen LogP contribution in [0.3, 0.4) is 0 Å². The monoisotopic (exact) mass is 486 g/mol. The van der Waals surface area contributed by atoms with Crippen molar-refractivity contribution in [1.29, 1.82) is 0 Å². The van der Waals surface area contributed by atoms with Gasteiger partial charge in [0.05, 0.1) is 19.1 Å². The first-order chi connectivity index (χ1) is 16.3. The molecule has 0 spiro atoms. The molecule has 0 amide bonds. The molecule has 10 nitrogen and oxygen atoms in total. The molecule has 1 fully saturated rings. The van der Waals surface area contributed by atoms with Crippen molar-refractivity contribution in [2.45, 2.75) is 23.7 Å². The summed E-state index contributed by atoms with van der Waals surface area (Å²) in [6, 6.07) is 12.0. The van der Waals surface area contributed by atoms with E-state index in [1.807, 2.05) is 25.1 Å². The van der Waals surface area contributed by atoms with Gasteiger partial charge in [-0.15, -0.1) is 5.10 Å². The van der Waals surface area contributed by atoms with Crippen LogP contribution in [0.4, 0.5) is 0 Å². The molecule has 0 aliphatic carbocycles. The van der Waals surface area contributed by atoms with Gasteiger partial charge in [0.1, 0.15) is 6.04 Å². The van der Waals surface area contributed by atoms with Gasteiger partial charge >= 0.3 is 0 Å². The van der Waals surface area contributed by atoms with Gasteiger partial charge in [-0.1, -0.05) is 29.8 Å². The number of methoxy groups -OCH3 is 2. The Kier molecular flexibility index (Phi) is 7.15. The number of sulfone groups is 1. The number of rotatable bonds is 8. The fraction of sp³-hybridized carbons (Fsp3) is 0.435. The van der Waals surface area contributed by atoms with Gasteiger partial charge in [-0.2, -0.15) is 0 Å². The van der Waals surface area contributed by atoms with E-state index in [1.54, 1.807) is 38.5 Å². The van der Waals surface area contributed by atoms with E-state index in [4.69, 9.17) is 9.47 Å². The standard InChI is InChI=1S/C23H30N6O4S/c1-17-8-10-18(11-9-17)34(30,31)16-29-23(24-25-26-29)21(28-14-12-27(2)13-15-28)19-6-5-7-20(32-3)22(19)33-4/h5-11,21H,12-16H2,1-4H3/t21-/m0/s1. The van der Waals surface area contributed by atoms with Crippen LogP contribution in [0.15, 0.2) is 47.4 Å². The van der Waals surface area contributed by atoms with E-state index in [2.05, 4.69) is 32.4 Å². The zero-order chi connectivity index (χ0) is 24.3. The number of aryl methyl sites for hydroxylation is 1. The van der Waals surface area contributed by atoms with Gasteiger partial charge in [0.2, 0.25) is 0 Å². The number of hydrogen-bond acceptors (Lipinski definition) is 9. The highest BCUT2D eigenvalue weighted by molar-refractivity contribution is 7.90. The molecule has 1 aliphatic rings. The van der Waals surface area contributed by atoms with Crippen molar-refractivity contribution in [2.24, 2.45) is 0 Å². The number of benzene rings is 2. The Hall–Kier alpha value is -3.02. The zero-order valence-electron chi connectivity index (χ0n) is 19.9. The minimum Gasteiger partial charge on any atom is -0.493 e. The Morgan fingerprint density at radius 3 is 2.35 bits per heavy atom. The van der Waals surface area contributed by atoms with Crippen LogP contribution in [-0.4, -0.2) is 85.9 Å². The number of likely N-dealkylation sites (N-methyl/N-ethyl adjacent to an activating group) is 1. The normalized spacial score (nSPS) is 16.4. The van der Waals surface area contributed by atoms with Gasteiger partial charge in [-0.05, 0) is 42.6 Å². The molecule has 0 bridgehead atoms. The lowest BCUT2D eigenvalue weighted by Gasteiger charge is -2.37. The molecular formula is C23H30N6O4S. The van der Waals surface area contributed by atoms with E-state index in [0.29, 0.717) is 17.3 Å². The highest BCUT2D eigenvalue weighted by Crippen LogP contribution is 2.39. The van der Waals surface area contributed by atoms with Crippen LogP contribution in [0.2, 0.25) is 0 Å². The zero-order valence-corrected chi connectivity index (χ0v) is 20.7. The van der Waals surface area contributed by atoms with E-state index in [9.17, 15) is 8.42 Å². The van der Waals surface area contributed by atoms with Gasteiger partial charge in [0.25, 0.3) is 0 Å². The smallest absolute Gasteiger partial charge is 0.198 e. The number of aromatic nitrogens is 4. The summed E-state index contributed by atoms with van der Waals surface area (Å²) in [5.41, 5.74) is 1.80. The molecule has 1 aromatic heterocycles. The molecule has 0 N–H and O–H groups in total. The first-order valence-electron chi connectivity index (χ1n) is 11.0. The summed E-state index contributed by atoms with van der Waals surface area (Å²) in [5.74, 6) is 1.23. The van der Waals surface area contributed by atoms with E-state index >= 15 is 0 Å². The number of tetrazole rings is 1. The average molecular weight is 487 g/mol. The number of hydrogen-bond donors (Lipinski definition) is 0. The number of piperazine rings is 1. The van der Waals surface area contributed by atoms with Crippen molar-refractivity contribution in [3.05, 3.63) is 59.4 Å². The summed E-state index contributed by atoms with van der Waals surface area (Å²) >= 11 is 0. The second kappa shape index (κ2) is 10.1. The summed E-state index contributed by atoms with van der Waals surface area (Å²) in [4.78, 5) is 4.73. The first-order valence-corrected chi connectivity index (χ1v) is 12.7. The van der Waals surface area contributed by atoms with Crippen LogP contribution in [0, 0.1) is 6.92 Å². The van der Waals surface area contributed by atoms with Crippen molar-refractivity contribution in [1.82, 2.24) is 30.0 Å². The van der Waals surface area contributed by atoms with Crippen LogP contribution >= 0.6 is 0 Å². The summed E-state index contributed by atoms with van der Waals surface area (Å²) in [5, 5.41) is 12.2. The molecule has 11 heteroatoms. The van der Waals surface area contributed by atoms with E-state index in [-0.39, 0.29) is 10.8 Å². The van der Waals surface area contributed by atoms with Crippen molar-refractivity contribution in [3.63, 3.8) is 0 Å². The maximum absolute atomic E-state index is 13.2. The summed E-state index contributed by atoms with van der Waals surface area (Å²) in [6.45, 7) is 5.17. The Balaban J connectivity index is 1.77. The van der Waals surface area contributed by atoms with Crippen LogP contribution in [-0.2, 0) is 15.7 Å². The van der Waals surface area contributed by atoms with Crippen LogP contribution in [0.5, 0.6) is 11.5 Å². The summed E-state index contributed by atoms with van der Waals surface area (Å²) < 4.78 is 39.0. The predicted molar refractivity (Wildman–Crippen MR) is 127 cm³/mol. The quantitative estimate of drug-likeness (QED) is 0.471. The Labute approximate surface area is 200 Å². The van der Waals surface area contributed by atoms with Gasteiger partial charge in [-0.25, -0.2) is 13.1 Å². The number of nitrogens with zero attached hydrogens (tertiary/aromatic N) is 6. The molecule has 1 aliphatic heterocycles. The minimum absolute atomic E-state index is 0.231. The van der Waals surface area contributed by atoms with Crippen LogP contribution < -0.4 is 9.47 Å². The van der Waals surface area contributed by atoms with E-state index in [0.717, 1.165) is 37.3 Å². The molecule has 1 atom stereocenters. The SMILES string of the molecule is COc1cccc([C@@H](c2nnnn2CS(=O)(=O)c2ccc(C)cc2)N2CCN(C)CC2)c1OC. The van der Waals surface area contributed by atoms with Crippen molar-refractivity contribution in [2.75, 3.05) is 47.4 Å². The molecule has 182 valence electrons. The molecule has 0 radical (unpaired) electrons. The van der Waals surface area contributed by atoms with Crippen molar-refractivity contribution in [3.8, 4) is 11.5 Å². The number of para-hydroxylation sites is 1. The lowest BCUT2D eigenvalue weighted by Crippen LogP contribution is -2.47. The third kappa shape index (κ3) is 4.91. The molecule has 4 rings (SSSR count). The Morgan fingerprint density at radius 2 is 1.71 bits per heavy atom. The Bertz CT molecular complexity index is 1220. The van der Waals surface area contributed by atoms with Gasteiger partial charge in [0.15, 0.2) is 33.0 Å². The molecule has 0 unspecified atom stereocenters. The molecule has 2 heterocycles. The van der Waals surface area contributed by atoms with Crippen LogP contribution in [0.25, 0.3) is 0 Å². The third-order valence-corrected chi connectivity index (χ3v) is 7.68. The third-order valence-electron chi connectivity index (χ3n) is 6.11. The van der Waals surface area contributed by atoms with E-state index in [1.165, 1.54) is 4.68 Å². The molecule has 0 saturated carbocycles. The van der Waals surface area contributed by atoms with Crippen molar-refractivity contribution >= 4 is 9.84 Å². The number of ether oxygens (including phenoxy) is 2. The van der Waals surface area contributed by atoms with Gasteiger partial charge in [0, 0.05) is 31.7 Å². The molecular weight excluding hydrogens is 456 g/mol. The highest BCUT2D eigenvalue weighted by Gasteiger charge is 2.34. The maximum Gasteiger partial charge on any atom is 0.198 e. The largest absolute Gasteiger partial charge is 0.493 e. The summed E-state index contributed by atoms with van der Waals surface area (Å²) in [7, 11) is 1.59. The van der Waals surface area contributed by atoms with Gasteiger partial charge < -0.3 is 14.4 Å². The molecule has 2 aromatic carbocycles. The van der Waals surface area contributed by atoms with Gasteiger partial charge in [-0.3, -0.25) is 4.90 Å². The minimum atomic E-state index is -3.67. The Morgan fingerprint density at radius 1 is 1.00 bits per heavy atom. The molecule has 3 aromatic rings. The first kappa shape index (κ1) is 24.1. The predicted octanol–water partition coefficient (Wildman–Crippen LogP) is 1.77. The summed E-state index contributed by atoms with van der Waals surface area (Å²) in [6.07, 6.45) is 0.